The van der Waals surface area contributed by atoms with Crippen LogP contribution in [0.5, 0.6) is 5.88 Å². The van der Waals surface area contributed by atoms with Crippen LogP contribution in [0.1, 0.15) is 40.9 Å². The number of amides is 1. The molecule has 0 bridgehead atoms. The average Bonchev–Trinajstić information content (AvgIpc) is 2.72. The van der Waals surface area contributed by atoms with Gasteiger partial charge in [-0.05, 0) is 68.7 Å². The van der Waals surface area contributed by atoms with Gasteiger partial charge in [-0.3, -0.25) is 9.52 Å². The maximum Gasteiger partial charge on any atom is 0.261 e. The van der Waals surface area contributed by atoms with E-state index in [9.17, 15) is 13.2 Å². The minimum absolute atomic E-state index is 0.0200. The number of sulfonamides is 1. The Morgan fingerprint density at radius 3 is 2.50 bits per heavy atom. The molecule has 2 aromatic carbocycles. The molecule has 32 heavy (non-hydrogen) atoms. The molecule has 7 nitrogen and oxygen atoms in total. The summed E-state index contributed by atoms with van der Waals surface area (Å²) in [5.41, 5.74) is 3.18. The lowest BCUT2D eigenvalue weighted by Crippen LogP contribution is -2.24. The SMILES string of the molecule is Cc1cccc(NS(=O)(=O)c2ccc(C)c(C(=O)NCc3ccc(OC(C)C)nc3)c2)c1. The van der Waals surface area contributed by atoms with Gasteiger partial charge in [-0.1, -0.05) is 24.3 Å². The van der Waals surface area contributed by atoms with E-state index in [-0.39, 0.29) is 23.5 Å². The van der Waals surface area contributed by atoms with Crippen molar-refractivity contribution in [2.75, 3.05) is 4.72 Å². The number of anilines is 1. The second-order valence-corrected chi connectivity index (χ2v) is 9.49. The minimum atomic E-state index is -3.84. The van der Waals surface area contributed by atoms with Crippen LogP contribution in [0, 0.1) is 13.8 Å². The second-order valence-electron chi connectivity index (χ2n) is 7.81. The lowest BCUT2D eigenvalue weighted by molar-refractivity contribution is 0.0950. The number of benzene rings is 2. The molecule has 0 aliphatic heterocycles. The van der Waals surface area contributed by atoms with Crippen LogP contribution in [0.15, 0.2) is 65.7 Å². The highest BCUT2D eigenvalue weighted by molar-refractivity contribution is 7.92. The van der Waals surface area contributed by atoms with E-state index in [0.717, 1.165) is 11.1 Å². The Hall–Kier alpha value is -3.39. The van der Waals surface area contributed by atoms with Crippen LogP contribution in [-0.4, -0.2) is 25.4 Å². The molecule has 0 aliphatic carbocycles. The van der Waals surface area contributed by atoms with Crippen molar-refractivity contribution in [3.8, 4) is 5.88 Å². The van der Waals surface area contributed by atoms with E-state index in [0.29, 0.717) is 22.7 Å². The van der Waals surface area contributed by atoms with Crippen LogP contribution in [0.25, 0.3) is 0 Å². The lowest BCUT2D eigenvalue weighted by Gasteiger charge is -2.12. The normalized spacial score (nSPS) is 11.3. The summed E-state index contributed by atoms with van der Waals surface area (Å²) < 4.78 is 33.7. The van der Waals surface area contributed by atoms with Gasteiger partial charge in [0.25, 0.3) is 15.9 Å². The second kappa shape index (κ2) is 9.82. The van der Waals surface area contributed by atoms with Crippen molar-refractivity contribution in [3.05, 3.63) is 83.0 Å². The molecule has 0 fully saturated rings. The van der Waals surface area contributed by atoms with Crippen molar-refractivity contribution in [1.29, 1.82) is 0 Å². The monoisotopic (exact) mass is 453 g/mol. The van der Waals surface area contributed by atoms with Gasteiger partial charge >= 0.3 is 0 Å². The maximum atomic E-state index is 12.8. The Labute approximate surface area is 188 Å². The summed E-state index contributed by atoms with van der Waals surface area (Å²) in [6, 6.07) is 15.1. The van der Waals surface area contributed by atoms with Crippen molar-refractivity contribution >= 4 is 21.6 Å². The summed E-state index contributed by atoms with van der Waals surface area (Å²) in [6.07, 6.45) is 1.66. The largest absolute Gasteiger partial charge is 0.475 e. The first kappa shape index (κ1) is 23.3. The van der Waals surface area contributed by atoms with Crippen LogP contribution in [-0.2, 0) is 16.6 Å². The number of nitrogens with zero attached hydrogens (tertiary/aromatic N) is 1. The molecule has 0 unspecified atom stereocenters. The number of hydrogen-bond acceptors (Lipinski definition) is 5. The highest BCUT2D eigenvalue weighted by atomic mass is 32.2. The van der Waals surface area contributed by atoms with E-state index in [4.69, 9.17) is 4.74 Å². The Bertz CT molecular complexity index is 1210. The first-order chi connectivity index (χ1) is 15.1. The zero-order valence-electron chi connectivity index (χ0n) is 18.5. The first-order valence-electron chi connectivity index (χ1n) is 10.2. The van der Waals surface area contributed by atoms with Crippen molar-refractivity contribution < 1.29 is 17.9 Å². The molecule has 1 aromatic heterocycles. The zero-order chi connectivity index (χ0) is 23.3. The Kier molecular flexibility index (Phi) is 7.15. The molecule has 0 spiro atoms. The van der Waals surface area contributed by atoms with Gasteiger partial charge in [0.1, 0.15) is 0 Å². The highest BCUT2D eigenvalue weighted by Crippen LogP contribution is 2.20. The van der Waals surface area contributed by atoms with Crippen LogP contribution >= 0.6 is 0 Å². The number of nitrogens with one attached hydrogen (secondary N) is 2. The standard InChI is InChI=1S/C24H27N3O4S/c1-16(2)31-23-11-9-19(14-25-23)15-26-24(28)22-13-21(10-8-18(22)4)32(29,30)27-20-7-5-6-17(3)12-20/h5-14,16,27H,15H2,1-4H3,(H,26,28). The van der Waals surface area contributed by atoms with Crippen molar-refractivity contribution in [3.63, 3.8) is 0 Å². The predicted octanol–water partition coefficient (Wildman–Crippen LogP) is 4.22. The number of carbonyl (C=O) groups excluding carboxylic acids is 1. The predicted molar refractivity (Wildman–Crippen MR) is 124 cm³/mol. The molecule has 3 aromatic rings. The van der Waals surface area contributed by atoms with Crippen LogP contribution < -0.4 is 14.8 Å². The van der Waals surface area contributed by atoms with Gasteiger partial charge < -0.3 is 10.1 Å². The molecular weight excluding hydrogens is 426 g/mol. The molecule has 0 atom stereocenters. The number of carbonyl (C=O) groups is 1. The molecule has 0 saturated carbocycles. The molecule has 8 heteroatoms. The molecule has 2 N–H and O–H groups in total. The fraction of sp³-hybridized carbons (Fsp3) is 0.250. The fourth-order valence-corrected chi connectivity index (χ4v) is 4.12. The number of aromatic nitrogens is 1. The van der Waals surface area contributed by atoms with Gasteiger partial charge in [0.05, 0.1) is 11.0 Å². The topological polar surface area (TPSA) is 97.4 Å². The molecule has 3 rings (SSSR count). The lowest BCUT2D eigenvalue weighted by atomic mass is 10.1. The molecule has 1 amide bonds. The number of aryl methyl sites for hydroxylation is 2. The molecule has 0 aliphatic rings. The van der Waals surface area contributed by atoms with E-state index >= 15 is 0 Å². The van der Waals surface area contributed by atoms with E-state index in [1.807, 2.05) is 32.9 Å². The number of pyridine rings is 1. The van der Waals surface area contributed by atoms with E-state index in [2.05, 4.69) is 15.0 Å². The molecule has 0 radical (unpaired) electrons. The molecular formula is C24H27N3O4S. The van der Waals surface area contributed by atoms with Crippen LogP contribution in [0.4, 0.5) is 5.69 Å². The van der Waals surface area contributed by atoms with Gasteiger partial charge in [-0.15, -0.1) is 0 Å². The van der Waals surface area contributed by atoms with Gasteiger partial charge in [0.2, 0.25) is 5.88 Å². The highest BCUT2D eigenvalue weighted by Gasteiger charge is 2.18. The summed E-state index contributed by atoms with van der Waals surface area (Å²) in [4.78, 5) is 17.0. The van der Waals surface area contributed by atoms with Crippen molar-refractivity contribution in [1.82, 2.24) is 10.3 Å². The van der Waals surface area contributed by atoms with Gasteiger partial charge in [0, 0.05) is 30.1 Å². The maximum absolute atomic E-state index is 12.8. The first-order valence-corrected chi connectivity index (χ1v) is 11.7. The van der Waals surface area contributed by atoms with Crippen molar-refractivity contribution in [2.24, 2.45) is 0 Å². The number of rotatable bonds is 8. The van der Waals surface area contributed by atoms with Gasteiger partial charge in [0.15, 0.2) is 0 Å². The van der Waals surface area contributed by atoms with E-state index < -0.39 is 10.0 Å². The average molecular weight is 454 g/mol. The molecule has 1 heterocycles. The fourth-order valence-electron chi connectivity index (χ4n) is 3.04. The smallest absolute Gasteiger partial charge is 0.261 e. The summed E-state index contributed by atoms with van der Waals surface area (Å²) in [6.45, 7) is 7.74. The van der Waals surface area contributed by atoms with Crippen molar-refractivity contribution in [2.45, 2.75) is 45.2 Å². The third-order valence-electron chi connectivity index (χ3n) is 4.64. The quantitative estimate of drug-likeness (QED) is 0.532. The number of ether oxygens (including phenoxy) is 1. The Morgan fingerprint density at radius 2 is 1.84 bits per heavy atom. The summed E-state index contributed by atoms with van der Waals surface area (Å²) in [5, 5.41) is 2.82. The Balaban J connectivity index is 1.72. The van der Waals surface area contributed by atoms with E-state index in [1.165, 1.54) is 12.1 Å². The molecule has 168 valence electrons. The third-order valence-corrected chi connectivity index (χ3v) is 6.02. The minimum Gasteiger partial charge on any atom is -0.475 e. The summed E-state index contributed by atoms with van der Waals surface area (Å²) >= 11 is 0. The van der Waals surface area contributed by atoms with Gasteiger partial charge in [-0.2, -0.15) is 0 Å². The zero-order valence-corrected chi connectivity index (χ0v) is 19.4. The van der Waals surface area contributed by atoms with E-state index in [1.54, 1.807) is 43.5 Å². The summed E-state index contributed by atoms with van der Waals surface area (Å²) in [7, 11) is -3.84. The van der Waals surface area contributed by atoms with Crippen LogP contribution in [0.3, 0.4) is 0 Å². The van der Waals surface area contributed by atoms with Crippen LogP contribution in [0.2, 0.25) is 0 Å². The summed E-state index contributed by atoms with van der Waals surface area (Å²) in [5.74, 6) is 0.155. The molecule has 0 saturated heterocycles. The van der Waals surface area contributed by atoms with Gasteiger partial charge in [-0.25, -0.2) is 13.4 Å². The third kappa shape index (κ3) is 6.07. The Morgan fingerprint density at radius 1 is 1.06 bits per heavy atom. The number of hydrogen-bond donors (Lipinski definition) is 2.